The van der Waals surface area contributed by atoms with Crippen LogP contribution in [0.5, 0.6) is 0 Å². The molecule has 0 bridgehead atoms. The monoisotopic (exact) mass is 288 g/mol. The van der Waals surface area contributed by atoms with E-state index in [1.807, 2.05) is 6.92 Å². The Kier molecular flexibility index (Phi) is 9.44. The third-order valence-electron chi connectivity index (χ3n) is 3.22. The van der Waals surface area contributed by atoms with E-state index in [-0.39, 0.29) is 6.10 Å². The summed E-state index contributed by atoms with van der Waals surface area (Å²) in [6.45, 7) is 13.1. The molecule has 0 aromatic heterocycles. The highest BCUT2D eigenvalue weighted by molar-refractivity contribution is 4.70. The van der Waals surface area contributed by atoms with Gasteiger partial charge in [-0.3, -0.25) is 0 Å². The van der Waals surface area contributed by atoms with E-state index < -0.39 is 0 Å². The largest absolute Gasteiger partial charge is 0.379 e. The van der Waals surface area contributed by atoms with E-state index in [2.05, 4.69) is 20.8 Å². The molecular formula is C16H32O4. The van der Waals surface area contributed by atoms with Crippen LogP contribution in [0.4, 0.5) is 0 Å². The molecule has 3 atom stereocenters. The first-order chi connectivity index (χ1) is 9.58. The predicted octanol–water partition coefficient (Wildman–Crippen LogP) is 2.90. The summed E-state index contributed by atoms with van der Waals surface area (Å²) in [4.78, 5) is 0. The minimum Gasteiger partial charge on any atom is -0.379 e. The second kappa shape index (κ2) is 10.6. The van der Waals surface area contributed by atoms with Gasteiger partial charge in [0, 0.05) is 13.2 Å². The maximum Gasteiger partial charge on any atom is 0.0810 e. The Morgan fingerprint density at radius 1 is 1.00 bits per heavy atom. The van der Waals surface area contributed by atoms with Crippen LogP contribution in [0, 0.1) is 11.8 Å². The Morgan fingerprint density at radius 3 is 2.40 bits per heavy atom. The topological polar surface area (TPSA) is 40.2 Å². The standard InChI is InChI=1S/C16H32O4/c1-13(2)9-17-7-8-19-15(4)11-18-10-14(3)5-6-16-12-20-16/h13-16H,5-12H2,1-4H3. The van der Waals surface area contributed by atoms with Gasteiger partial charge in [-0.2, -0.15) is 0 Å². The molecule has 4 heteroatoms. The first kappa shape index (κ1) is 17.9. The second-order valence-corrected chi connectivity index (χ2v) is 6.33. The first-order valence-electron chi connectivity index (χ1n) is 7.96. The van der Waals surface area contributed by atoms with Gasteiger partial charge >= 0.3 is 0 Å². The zero-order chi connectivity index (χ0) is 14.8. The van der Waals surface area contributed by atoms with E-state index in [9.17, 15) is 0 Å². The lowest BCUT2D eigenvalue weighted by atomic mass is 10.1. The summed E-state index contributed by atoms with van der Waals surface area (Å²) in [6.07, 6.45) is 3.02. The fourth-order valence-corrected chi connectivity index (χ4v) is 1.90. The lowest BCUT2D eigenvalue weighted by Crippen LogP contribution is -2.21. The molecule has 3 unspecified atom stereocenters. The summed E-state index contributed by atoms with van der Waals surface area (Å²) in [7, 11) is 0. The molecule has 0 aliphatic carbocycles. The first-order valence-corrected chi connectivity index (χ1v) is 7.96. The molecule has 1 rings (SSSR count). The summed E-state index contributed by atoms with van der Waals surface area (Å²) in [6, 6.07) is 0. The number of ether oxygens (including phenoxy) is 4. The van der Waals surface area contributed by atoms with Crippen molar-refractivity contribution in [3.8, 4) is 0 Å². The minimum atomic E-state index is 0.136. The number of epoxide rings is 1. The zero-order valence-electron chi connectivity index (χ0n) is 13.6. The highest BCUT2D eigenvalue weighted by Crippen LogP contribution is 2.19. The van der Waals surface area contributed by atoms with Gasteiger partial charge in [0.25, 0.3) is 0 Å². The van der Waals surface area contributed by atoms with Crippen molar-refractivity contribution in [2.75, 3.05) is 39.6 Å². The van der Waals surface area contributed by atoms with Crippen LogP contribution in [0.3, 0.4) is 0 Å². The predicted molar refractivity (Wildman–Crippen MR) is 80.0 cm³/mol. The van der Waals surface area contributed by atoms with Crippen LogP contribution >= 0.6 is 0 Å². The molecule has 1 aliphatic rings. The molecule has 0 aromatic carbocycles. The van der Waals surface area contributed by atoms with Gasteiger partial charge in [-0.15, -0.1) is 0 Å². The quantitative estimate of drug-likeness (QED) is 0.386. The van der Waals surface area contributed by atoms with Crippen LogP contribution in [0.25, 0.3) is 0 Å². The molecule has 20 heavy (non-hydrogen) atoms. The third-order valence-corrected chi connectivity index (χ3v) is 3.22. The van der Waals surface area contributed by atoms with Gasteiger partial charge in [-0.05, 0) is 31.6 Å². The van der Waals surface area contributed by atoms with E-state index in [0.717, 1.165) is 19.8 Å². The maximum absolute atomic E-state index is 5.70. The van der Waals surface area contributed by atoms with Crippen LogP contribution < -0.4 is 0 Å². The summed E-state index contributed by atoms with van der Waals surface area (Å²) in [5, 5.41) is 0. The molecule has 0 saturated carbocycles. The van der Waals surface area contributed by atoms with Crippen LogP contribution in [0.15, 0.2) is 0 Å². The van der Waals surface area contributed by atoms with Crippen molar-refractivity contribution >= 4 is 0 Å². The van der Waals surface area contributed by atoms with E-state index in [1.54, 1.807) is 0 Å². The summed E-state index contributed by atoms with van der Waals surface area (Å²) in [5.41, 5.74) is 0. The van der Waals surface area contributed by atoms with E-state index in [4.69, 9.17) is 18.9 Å². The van der Waals surface area contributed by atoms with Gasteiger partial charge in [0.2, 0.25) is 0 Å². The fourth-order valence-electron chi connectivity index (χ4n) is 1.90. The van der Waals surface area contributed by atoms with Crippen molar-refractivity contribution < 1.29 is 18.9 Å². The van der Waals surface area contributed by atoms with Gasteiger partial charge < -0.3 is 18.9 Å². The van der Waals surface area contributed by atoms with Gasteiger partial charge in [0.1, 0.15) is 0 Å². The Labute approximate surface area is 124 Å². The van der Waals surface area contributed by atoms with Gasteiger partial charge in [-0.1, -0.05) is 20.8 Å². The van der Waals surface area contributed by atoms with Crippen LogP contribution in [0.2, 0.25) is 0 Å². The maximum atomic E-state index is 5.70. The van der Waals surface area contributed by atoms with Gasteiger partial charge in [-0.25, -0.2) is 0 Å². The average Bonchev–Trinajstić information content (AvgIpc) is 3.19. The Balaban J connectivity index is 1.84. The van der Waals surface area contributed by atoms with E-state index >= 15 is 0 Å². The van der Waals surface area contributed by atoms with Crippen molar-refractivity contribution in [3.05, 3.63) is 0 Å². The summed E-state index contributed by atoms with van der Waals surface area (Å²) in [5.74, 6) is 1.18. The van der Waals surface area contributed by atoms with Gasteiger partial charge in [0.05, 0.1) is 38.6 Å². The minimum absolute atomic E-state index is 0.136. The van der Waals surface area contributed by atoms with Crippen molar-refractivity contribution in [2.45, 2.75) is 52.7 Å². The molecule has 1 saturated heterocycles. The molecule has 4 nitrogen and oxygen atoms in total. The zero-order valence-corrected chi connectivity index (χ0v) is 13.6. The molecule has 0 N–H and O–H groups in total. The van der Waals surface area contributed by atoms with Crippen LogP contribution in [0.1, 0.15) is 40.5 Å². The molecular weight excluding hydrogens is 256 g/mol. The number of rotatable bonds is 13. The molecule has 1 aliphatic heterocycles. The van der Waals surface area contributed by atoms with Crippen molar-refractivity contribution in [2.24, 2.45) is 11.8 Å². The van der Waals surface area contributed by atoms with Crippen molar-refractivity contribution in [3.63, 3.8) is 0 Å². The lowest BCUT2D eigenvalue weighted by molar-refractivity contribution is -0.0374. The van der Waals surface area contributed by atoms with Crippen LogP contribution in [-0.4, -0.2) is 51.8 Å². The number of hydrogen-bond donors (Lipinski definition) is 0. The summed E-state index contributed by atoms with van der Waals surface area (Å²) < 4.78 is 22.0. The average molecular weight is 288 g/mol. The molecule has 120 valence electrons. The third kappa shape index (κ3) is 10.6. The van der Waals surface area contributed by atoms with Gasteiger partial charge in [0.15, 0.2) is 0 Å². The van der Waals surface area contributed by atoms with E-state index in [0.29, 0.717) is 37.8 Å². The molecule has 0 amide bonds. The highest BCUT2D eigenvalue weighted by Gasteiger charge is 2.22. The Morgan fingerprint density at radius 2 is 1.75 bits per heavy atom. The number of hydrogen-bond acceptors (Lipinski definition) is 4. The van der Waals surface area contributed by atoms with E-state index in [1.165, 1.54) is 12.8 Å². The molecule has 0 aromatic rings. The lowest BCUT2D eigenvalue weighted by Gasteiger charge is -2.16. The van der Waals surface area contributed by atoms with Crippen molar-refractivity contribution in [1.82, 2.24) is 0 Å². The smallest absolute Gasteiger partial charge is 0.0810 e. The normalized spacial score (nSPS) is 21.1. The molecule has 0 radical (unpaired) electrons. The molecule has 1 fully saturated rings. The highest BCUT2D eigenvalue weighted by atomic mass is 16.6. The second-order valence-electron chi connectivity index (χ2n) is 6.33. The van der Waals surface area contributed by atoms with Crippen molar-refractivity contribution in [1.29, 1.82) is 0 Å². The summed E-state index contributed by atoms with van der Waals surface area (Å²) >= 11 is 0. The SMILES string of the molecule is CC(C)COCCOC(C)COCC(C)CCC1CO1. The molecule has 1 heterocycles. The van der Waals surface area contributed by atoms with Crippen LogP contribution in [-0.2, 0) is 18.9 Å². The Hall–Kier alpha value is -0.160. The Bertz CT molecular complexity index is 229. The molecule has 0 spiro atoms. The fraction of sp³-hybridized carbons (Fsp3) is 1.00.